The van der Waals surface area contributed by atoms with Crippen LogP contribution < -0.4 is 14.2 Å². The Hall–Kier alpha value is -1.86. The van der Waals surface area contributed by atoms with E-state index in [2.05, 4.69) is 20.9 Å². The fourth-order valence-electron chi connectivity index (χ4n) is 2.33. The van der Waals surface area contributed by atoms with Crippen LogP contribution in [-0.4, -0.2) is 38.9 Å². The summed E-state index contributed by atoms with van der Waals surface area (Å²) in [6.45, 7) is 1.98. The SMILES string of the molecule is CCOC(=O)c1[nH]c(Br)c(-c2ccc(OC)c(OC)c2OC)c1Cl. The van der Waals surface area contributed by atoms with Gasteiger partial charge in [0, 0.05) is 11.1 Å². The van der Waals surface area contributed by atoms with Crippen molar-refractivity contribution in [3.05, 3.63) is 27.5 Å². The number of benzene rings is 1. The fraction of sp³-hybridized carbons (Fsp3) is 0.312. The van der Waals surface area contributed by atoms with E-state index in [0.717, 1.165) is 0 Å². The van der Waals surface area contributed by atoms with Crippen LogP contribution in [0.3, 0.4) is 0 Å². The highest BCUT2D eigenvalue weighted by molar-refractivity contribution is 9.10. The topological polar surface area (TPSA) is 69.8 Å². The Kier molecular flexibility index (Phi) is 6.01. The minimum Gasteiger partial charge on any atom is -0.493 e. The number of aromatic amines is 1. The van der Waals surface area contributed by atoms with E-state index in [-0.39, 0.29) is 17.3 Å². The third kappa shape index (κ3) is 3.18. The molecule has 0 amide bonds. The highest BCUT2D eigenvalue weighted by atomic mass is 79.9. The summed E-state index contributed by atoms with van der Waals surface area (Å²) >= 11 is 9.80. The average molecular weight is 419 g/mol. The summed E-state index contributed by atoms with van der Waals surface area (Å²) in [6, 6.07) is 3.51. The Balaban J connectivity index is 2.67. The van der Waals surface area contributed by atoms with Gasteiger partial charge in [-0.25, -0.2) is 4.79 Å². The van der Waals surface area contributed by atoms with E-state index in [1.807, 2.05) is 0 Å². The molecule has 0 saturated heterocycles. The molecule has 0 spiro atoms. The second kappa shape index (κ2) is 7.81. The molecule has 0 atom stereocenters. The lowest BCUT2D eigenvalue weighted by atomic mass is 10.1. The number of hydrogen-bond donors (Lipinski definition) is 1. The number of methoxy groups -OCH3 is 3. The van der Waals surface area contributed by atoms with Gasteiger partial charge in [0.2, 0.25) is 5.75 Å². The van der Waals surface area contributed by atoms with Gasteiger partial charge < -0.3 is 23.9 Å². The number of rotatable bonds is 6. The molecule has 0 saturated carbocycles. The zero-order valence-corrected chi connectivity index (χ0v) is 16.0. The number of carbonyl (C=O) groups excluding carboxylic acids is 1. The molecule has 1 N–H and O–H groups in total. The summed E-state index contributed by atoms with van der Waals surface area (Å²) in [5.74, 6) is 0.855. The van der Waals surface area contributed by atoms with Gasteiger partial charge in [-0.3, -0.25) is 0 Å². The monoisotopic (exact) mass is 417 g/mol. The number of ether oxygens (including phenoxy) is 4. The molecule has 2 aromatic rings. The number of carbonyl (C=O) groups is 1. The van der Waals surface area contributed by atoms with Crippen molar-refractivity contribution in [2.75, 3.05) is 27.9 Å². The molecular formula is C16H17BrClNO5. The first kappa shape index (κ1) is 18.5. The van der Waals surface area contributed by atoms with Crippen LogP contribution in [-0.2, 0) is 4.74 Å². The van der Waals surface area contributed by atoms with Gasteiger partial charge in [0.15, 0.2) is 11.5 Å². The molecule has 6 nitrogen and oxygen atoms in total. The maximum absolute atomic E-state index is 12.0. The predicted molar refractivity (Wildman–Crippen MR) is 94.6 cm³/mol. The summed E-state index contributed by atoms with van der Waals surface area (Å²) in [7, 11) is 4.57. The molecule has 0 unspecified atom stereocenters. The molecule has 1 heterocycles. The maximum atomic E-state index is 12.0. The molecule has 2 rings (SSSR count). The second-order valence-electron chi connectivity index (χ2n) is 4.61. The van der Waals surface area contributed by atoms with Gasteiger partial charge >= 0.3 is 5.97 Å². The molecule has 0 bridgehead atoms. The van der Waals surface area contributed by atoms with Crippen LogP contribution in [0.25, 0.3) is 11.1 Å². The third-order valence-corrected chi connectivity index (χ3v) is 4.32. The Morgan fingerprint density at radius 3 is 2.38 bits per heavy atom. The van der Waals surface area contributed by atoms with Crippen LogP contribution in [0.2, 0.25) is 5.02 Å². The minimum atomic E-state index is -0.533. The van der Waals surface area contributed by atoms with Gasteiger partial charge in [0.1, 0.15) is 5.69 Å². The smallest absolute Gasteiger partial charge is 0.356 e. The number of H-pyrrole nitrogens is 1. The summed E-state index contributed by atoms with van der Waals surface area (Å²) < 4.78 is 21.7. The molecule has 0 fully saturated rings. The van der Waals surface area contributed by atoms with Crippen LogP contribution in [0, 0.1) is 0 Å². The first-order valence-electron chi connectivity index (χ1n) is 7.03. The number of aromatic nitrogens is 1. The summed E-state index contributed by atoms with van der Waals surface area (Å²) in [5, 5.41) is 0.228. The van der Waals surface area contributed by atoms with E-state index in [4.69, 9.17) is 30.5 Å². The zero-order chi connectivity index (χ0) is 17.9. The highest BCUT2D eigenvalue weighted by Gasteiger charge is 2.26. The first-order valence-corrected chi connectivity index (χ1v) is 8.20. The van der Waals surface area contributed by atoms with Crippen molar-refractivity contribution in [2.45, 2.75) is 6.92 Å². The normalized spacial score (nSPS) is 10.4. The maximum Gasteiger partial charge on any atom is 0.356 e. The largest absolute Gasteiger partial charge is 0.493 e. The van der Waals surface area contributed by atoms with Crippen molar-refractivity contribution in [1.82, 2.24) is 4.98 Å². The Morgan fingerprint density at radius 2 is 1.83 bits per heavy atom. The van der Waals surface area contributed by atoms with Gasteiger partial charge in [-0.15, -0.1) is 0 Å². The number of hydrogen-bond acceptors (Lipinski definition) is 5. The number of esters is 1. The second-order valence-corrected chi connectivity index (χ2v) is 5.78. The van der Waals surface area contributed by atoms with Gasteiger partial charge in [-0.1, -0.05) is 11.6 Å². The molecule has 24 heavy (non-hydrogen) atoms. The van der Waals surface area contributed by atoms with Crippen molar-refractivity contribution in [1.29, 1.82) is 0 Å². The van der Waals surface area contributed by atoms with E-state index in [9.17, 15) is 4.79 Å². The zero-order valence-electron chi connectivity index (χ0n) is 13.7. The Bertz CT molecular complexity index is 759. The van der Waals surface area contributed by atoms with E-state index in [1.54, 1.807) is 19.1 Å². The lowest BCUT2D eigenvalue weighted by molar-refractivity contribution is 0.0520. The van der Waals surface area contributed by atoms with Gasteiger partial charge in [0.25, 0.3) is 0 Å². The molecule has 0 aliphatic rings. The van der Waals surface area contributed by atoms with E-state index in [0.29, 0.717) is 33.0 Å². The average Bonchev–Trinajstić information content (AvgIpc) is 2.88. The molecular weight excluding hydrogens is 402 g/mol. The quantitative estimate of drug-likeness (QED) is 0.708. The summed E-state index contributed by atoms with van der Waals surface area (Å²) in [4.78, 5) is 14.9. The van der Waals surface area contributed by atoms with Crippen molar-refractivity contribution in [3.8, 4) is 28.4 Å². The van der Waals surface area contributed by atoms with Crippen LogP contribution in [0.5, 0.6) is 17.2 Å². The molecule has 0 aliphatic heterocycles. The minimum absolute atomic E-state index is 0.164. The summed E-state index contributed by atoms with van der Waals surface area (Å²) in [6.07, 6.45) is 0. The Morgan fingerprint density at radius 1 is 1.17 bits per heavy atom. The van der Waals surface area contributed by atoms with Crippen molar-refractivity contribution < 1.29 is 23.7 Å². The lowest BCUT2D eigenvalue weighted by Crippen LogP contribution is -2.05. The fourth-order valence-corrected chi connectivity index (χ4v) is 3.37. The first-order chi connectivity index (χ1) is 11.5. The summed E-state index contributed by atoms with van der Waals surface area (Å²) in [5.41, 5.74) is 1.37. The van der Waals surface area contributed by atoms with E-state index in [1.165, 1.54) is 21.3 Å². The molecule has 1 aromatic carbocycles. The van der Waals surface area contributed by atoms with E-state index < -0.39 is 5.97 Å². The van der Waals surface area contributed by atoms with Crippen LogP contribution >= 0.6 is 27.5 Å². The molecule has 1 aromatic heterocycles. The van der Waals surface area contributed by atoms with Crippen molar-refractivity contribution >= 4 is 33.5 Å². The van der Waals surface area contributed by atoms with Gasteiger partial charge in [-0.2, -0.15) is 0 Å². The molecule has 130 valence electrons. The Labute approximate surface area is 153 Å². The standard InChI is InChI=1S/C16H17BrClNO5/c1-5-24-16(20)12-11(18)10(15(17)19-12)8-6-7-9(21-2)14(23-4)13(8)22-3/h6-7,19H,5H2,1-4H3. The lowest BCUT2D eigenvalue weighted by Gasteiger charge is -2.15. The third-order valence-electron chi connectivity index (χ3n) is 3.35. The van der Waals surface area contributed by atoms with Crippen LogP contribution in [0.4, 0.5) is 0 Å². The number of halogens is 2. The van der Waals surface area contributed by atoms with Crippen LogP contribution in [0.1, 0.15) is 17.4 Å². The molecule has 8 heteroatoms. The van der Waals surface area contributed by atoms with E-state index >= 15 is 0 Å². The van der Waals surface area contributed by atoms with Crippen LogP contribution in [0.15, 0.2) is 16.7 Å². The molecule has 0 aliphatic carbocycles. The molecule has 0 radical (unpaired) electrons. The predicted octanol–water partition coefficient (Wildman–Crippen LogP) is 4.30. The van der Waals surface area contributed by atoms with Gasteiger partial charge in [-0.05, 0) is 35.0 Å². The van der Waals surface area contributed by atoms with Crippen molar-refractivity contribution in [3.63, 3.8) is 0 Å². The van der Waals surface area contributed by atoms with Crippen molar-refractivity contribution in [2.24, 2.45) is 0 Å². The highest BCUT2D eigenvalue weighted by Crippen LogP contribution is 2.48. The number of nitrogens with one attached hydrogen (secondary N) is 1. The van der Waals surface area contributed by atoms with Gasteiger partial charge in [0.05, 0.1) is 37.6 Å².